The third-order valence-corrected chi connectivity index (χ3v) is 11.0. The van der Waals surface area contributed by atoms with Gasteiger partial charge in [-0.1, -0.05) is 24.3 Å². The van der Waals surface area contributed by atoms with Gasteiger partial charge in [-0.15, -0.1) is 0 Å². The van der Waals surface area contributed by atoms with Gasteiger partial charge in [-0.3, -0.25) is 19.8 Å². The summed E-state index contributed by atoms with van der Waals surface area (Å²) in [6.07, 6.45) is 0.678. The molecule has 4 aromatic carbocycles. The monoisotopic (exact) mass is 803 g/mol. The van der Waals surface area contributed by atoms with Crippen molar-refractivity contribution < 1.29 is 23.1 Å². The molecular formula is C42H39N6O6Se. The molecule has 0 bridgehead atoms. The Balaban J connectivity index is 1.30. The van der Waals surface area contributed by atoms with Gasteiger partial charge in [-0.2, -0.15) is 0 Å². The fourth-order valence-electron chi connectivity index (χ4n) is 7.49. The number of carbonyl (C=O) groups is 2. The molecule has 1 fully saturated rings. The van der Waals surface area contributed by atoms with Gasteiger partial charge in [0.15, 0.2) is 0 Å². The zero-order valence-corrected chi connectivity index (χ0v) is 32.2. The summed E-state index contributed by atoms with van der Waals surface area (Å²) in [5, 5.41) is 22.0. The molecule has 2 aliphatic heterocycles. The minimum atomic E-state index is -0.478. The number of nitriles is 1. The third-order valence-electron chi connectivity index (χ3n) is 10.6. The van der Waals surface area contributed by atoms with Crippen molar-refractivity contribution in [1.29, 1.82) is 5.26 Å². The molecule has 0 saturated carbocycles. The van der Waals surface area contributed by atoms with E-state index in [-0.39, 0.29) is 30.1 Å². The van der Waals surface area contributed by atoms with E-state index >= 15 is 0 Å². The van der Waals surface area contributed by atoms with Crippen molar-refractivity contribution in [2.75, 3.05) is 37.7 Å². The Morgan fingerprint density at radius 3 is 2.40 bits per heavy atom. The first kappa shape index (κ1) is 37.5. The summed E-state index contributed by atoms with van der Waals surface area (Å²) in [4.78, 5) is 47.1. The fraction of sp³-hybridized carbons (Fsp3) is 0.262. The van der Waals surface area contributed by atoms with Crippen LogP contribution in [0.4, 0.5) is 11.4 Å². The second kappa shape index (κ2) is 16.3. The number of nitro groups is 1. The van der Waals surface area contributed by atoms with Crippen LogP contribution in [0.5, 0.6) is 5.75 Å². The van der Waals surface area contributed by atoms with E-state index in [1.54, 1.807) is 65.9 Å². The Hall–Kier alpha value is -5.77. The summed E-state index contributed by atoms with van der Waals surface area (Å²) in [5.74, 6) is -0.0195. The average molecular weight is 803 g/mol. The van der Waals surface area contributed by atoms with E-state index in [4.69, 9.17) is 8.56 Å². The van der Waals surface area contributed by atoms with Crippen molar-refractivity contribution in [3.63, 3.8) is 0 Å². The molecular weight excluding hydrogens is 763 g/mol. The molecule has 1 aromatic heterocycles. The SMILES string of the molecule is Cc1c(C(=O)N(Cc2ccccc2C#N)c2ccc(O[Se])cc2)cc(-c2cc([N+](=O)[O-])ccc2C(=O)N2Cc3ccccc3C[C@H]2CN2CCOCC2)n1C. The van der Waals surface area contributed by atoms with Gasteiger partial charge in [0.05, 0.1) is 18.1 Å². The molecule has 1 saturated heterocycles. The number of hydrogen-bond acceptors (Lipinski definition) is 8. The van der Waals surface area contributed by atoms with Crippen LogP contribution < -0.4 is 8.72 Å². The number of fused-ring (bicyclic) bond motifs is 1. The molecule has 13 heteroatoms. The van der Waals surface area contributed by atoms with Crippen LogP contribution in [-0.4, -0.2) is 86.3 Å². The molecule has 0 spiro atoms. The molecule has 0 N–H and O–H groups in total. The number of aromatic nitrogens is 1. The van der Waals surface area contributed by atoms with Crippen molar-refractivity contribution in [2.45, 2.75) is 32.5 Å². The number of morpholine rings is 1. The molecule has 5 aromatic rings. The van der Waals surface area contributed by atoms with Gasteiger partial charge in [0.2, 0.25) is 0 Å². The third kappa shape index (κ3) is 7.76. The maximum atomic E-state index is 14.9. The first-order valence-electron chi connectivity index (χ1n) is 18.0. The van der Waals surface area contributed by atoms with Crippen molar-refractivity contribution in [3.8, 4) is 23.1 Å². The van der Waals surface area contributed by atoms with Crippen LogP contribution in [-0.2, 0) is 31.3 Å². The zero-order chi connectivity index (χ0) is 38.6. The Morgan fingerprint density at radius 2 is 1.69 bits per heavy atom. The number of carbonyl (C=O) groups excluding carboxylic acids is 2. The Labute approximate surface area is 327 Å². The summed E-state index contributed by atoms with van der Waals surface area (Å²) in [5.41, 5.74) is 5.88. The summed E-state index contributed by atoms with van der Waals surface area (Å²) < 4.78 is 12.6. The van der Waals surface area contributed by atoms with Crippen LogP contribution >= 0.6 is 0 Å². The topological polar surface area (TPSA) is 134 Å². The van der Waals surface area contributed by atoms with Crippen LogP contribution in [0.15, 0.2) is 97.1 Å². The van der Waals surface area contributed by atoms with Crippen molar-refractivity contribution >= 4 is 39.5 Å². The summed E-state index contributed by atoms with van der Waals surface area (Å²) >= 11 is 2.52. The van der Waals surface area contributed by atoms with Crippen LogP contribution in [0.3, 0.4) is 0 Å². The molecule has 1 radical (unpaired) electrons. The number of hydrogen-bond donors (Lipinski definition) is 0. The van der Waals surface area contributed by atoms with Crippen LogP contribution in [0.25, 0.3) is 11.3 Å². The van der Waals surface area contributed by atoms with Crippen LogP contribution in [0.1, 0.15) is 48.7 Å². The molecule has 3 heterocycles. The second-order valence-corrected chi connectivity index (χ2v) is 14.1. The van der Waals surface area contributed by atoms with E-state index in [9.17, 15) is 25.0 Å². The molecule has 279 valence electrons. The quantitative estimate of drug-likeness (QED) is 0.0956. The Morgan fingerprint density at radius 1 is 0.982 bits per heavy atom. The second-order valence-electron chi connectivity index (χ2n) is 13.8. The molecule has 2 aliphatic rings. The van der Waals surface area contributed by atoms with E-state index in [1.165, 1.54) is 23.8 Å². The molecule has 12 nitrogen and oxygen atoms in total. The van der Waals surface area contributed by atoms with Gasteiger partial charge >= 0.3 is 183 Å². The number of nitro benzene ring substituents is 1. The standard InChI is InChI=1S/C42H39N6O6Se/c1-28-38(42(50)46(33-11-14-36(54-55)15-12-33)26-32-10-6-4-8-30(32)24-43)23-40(44(28)2)39-22-34(48(51)52)13-16-37(39)41(49)47-25-31-9-5-3-7-29(31)21-35(47)27-45-17-19-53-20-18-45/h3-16,22-23,35H,17-21,25-27H2,1-2H3/t35-/m0/s1. The van der Waals surface area contributed by atoms with E-state index in [0.29, 0.717) is 83.4 Å². The predicted octanol–water partition coefficient (Wildman–Crippen LogP) is 5.99. The minimum absolute atomic E-state index is 0.103. The maximum absolute atomic E-state index is 14.9. The molecule has 55 heavy (non-hydrogen) atoms. The van der Waals surface area contributed by atoms with Crippen molar-refractivity contribution in [1.82, 2.24) is 14.4 Å². The van der Waals surface area contributed by atoms with Gasteiger partial charge in [0, 0.05) is 38.3 Å². The van der Waals surface area contributed by atoms with Crippen LogP contribution in [0.2, 0.25) is 0 Å². The first-order chi connectivity index (χ1) is 26.7. The molecule has 1 atom stereocenters. The molecule has 0 unspecified atom stereocenters. The Kier molecular flexibility index (Phi) is 11.1. The number of rotatable bonds is 10. The number of amides is 2. The molecule has 2 amide bonds. The number of nitrogens with zero attached hydrogens (tertiary/aromatic N) is 6. The van der Waals surface area contributed by atoms with Crippen molar-refractivity contribution in [2.24, 2.45) is 7.05 Å². The Bertz CT molecular complexity index is 2290. The van der Waals surface area contributed by atoms with E-state index in [0.717, 1.165) is 18.7 Å². The van der Waals surface area contributed by atoms with Crippen LogP contribution in [0, 0.1) is 28.4 Å². The number of benzene rings is 4. The summed E-state index contributed by atoms with van der Waals surface area (Å²) in [6, 6.07) is 30.4. The molecule has 7 rings (SSSR count). The predicted molar refractivity (Wildman–Crippen MR) is 208 cm³/mol. The molecule has 0 aliphatic carbocycles. The van der Waals surface area contributed by atoms with Crippen molar-refractivity contribution in [3.05, 3.63) is 146 Å². The average Bonchev–Trinajstić information content (AvgIpc) is 3.52. The zero-order valence-electron chi connectivity index (χ0n) is 30.5. The van der Waals surface area contributed by atoms with Gasteiger partial charge < -0.3 is 9.64 Å². The number of non-ortho nitro benzene ring substituents is 1. The summed E-state index contributed by atoms with van der Waals surface area (Å²) in [6.45, 7) is 5.80. The van der Waals surface area contributed by atoms with Gasteiger partial charge in [-0.05, 0) is 23.6 Å². The van der Waals surface area contributed by atoms with Gasteiger partial charge in [0.25, 0.3) is 11.6 Å². The van der Waals surface area contributed by atoms with Gasteiger partial charge in [0.1, 0.15) is 0 Å². The fourth-order valence-corrected chi connectivity index (χ4v) is 7.72. The van der Waals surface area contributed by atoms with E-state index < -0.39 is 4.92 Å². The van der Waals surface area contributed by atoms with Gasteiger partial charge in [-0.25, -0.2) is 0 Å². The first-order valence-corrected chi connectivity index (χ1v) is 18.7. The summed E-state index contributed by atoms with van der Waals surface area (Å²) in [7, 11) is 1.78. The van der Waals surface area contributed by atoms with E-state index in [1.807, 2.05) is 35.2 Å². The number of anilines is 1. The normalized spacial score (nSPS) is 15.5. The van der Waals surface area contributed by atoms with E-state index in [2.05, 4.69) is 33.4 Å². The number of ether oxygens (including phenoxy) is 1.